The summed E-state index contributed by atoms with van der Waals surface area (Å²) in [6.07, 6.45) is -0.557. The van der Waals surface area contributed by atoms with Crippen molar-refractivity contribution in [2.24, 2.45) is 4.99 Å². The van der Waals surface area contributed by atoms with E-state index in [9.17, 15) is 5.11 Å². The SMILES string of the molecule is C/C(=N\C(C)C)c1cc2c(OCC(O)CNC(C)C)cccc2o1. The Labute approximate surface area is 143 Å². The first-order valence-corrected chi connectivity index (χ1v) is 8.48. The Morgan fingerprint density at radius 1 is 1.29 bits per heavy atom. The van der Waals surface area contributed by atoms with Gasteiger partial charge in [0, 0.05) is 18.6 Å². The summed E-state index contributed by atoms with van der Waals surface area (Å²) in [5.74, 6) is 1.46. The Kier molecular flexibility index (Phi) is 6.40. The number of aliphatic imine (C=N–C) groups is 1. The minimum atomic E-state index is -0.557. The Hall–Kier alpha value is -1.85. The molecule has 0 amide bonds. The second kappa shape index (κ2) is 8.31. The van der Waals surface area contributed by atoms with E-state index in [0.717, 1.165) is 22.4 Å². The lowest BCUT2D eigenvalue weighted by molar-refractivity contribution is 0.105. The van der Waals surface area contributed by atoms with E-state index in [2.05, 4.69) is 10.3 Å². The average molecular weight is 332 g/mol. The molecule has 0 fully saturated rings. The van der Waals surface area contributed by atoms with Crippen LogP contribution in [0.15, 0.2) is 33.7 Å². The molecule has 0 bridgehead atoms. The highest BCUT2D eigenvalue weighted by Crippen LogP contribution is 2.29. The highest BCUT2D eigenvalue weighted by Gasteiger charge is 2.13. The molecule has 24 heavy (non-hydrogen) atoms. The van der Waals surface area contributed by atoms with Crippen molar-refractivity contribution < 1.29 is 14.3 Å². The third-order valence-electron chi connectivity index (χ3n) is 3.52. The van der Waals surface area contributed by atoms with Crippen LogP contribution in [0.4, 0.5) is 0 Å². The number of nitrogens with one attached hydrogen (secondary N) is 1. The maximum Gasteiger partial charge on any atom is 0.149 e. The van der Waals surface area contributed by atoms with Crippen molar-refractivity contribution in [1.82, 2.24) is 5.32 Å². The third kappa shape index (κ3) is 5.08. The van der Waals surface area contributed by atoms with Gasteiger partial charge in [-0.15, -0.1) is 0 Å². The van der Waals surface area contributed by atoms with Crippen molar-refractivity contribution in [3.05, 3.63) is 30.0 Å². The number of ether oxygens (including phenoxy) is 1. The fourth-order valence-corrected chi connectivity index (χ4v) is 2.41. The smallest absolute Gasteiger partial charge is 0.149 e. The number of aliphatic hydroxyl groups excluding tert-OH is 1. The molecule has 0 saturated heterocycles. The number of hydrogen-bond acceptors (Lipinski definition) is 5. The van der Waals surface area contributed by atoms with Gasteiger partial charge in [-0.25, -0.2) is 0 Å². The summed E-state index contributed by atoms with van der Waals surface area (Å²) in [5.41, 5.74) is 1.63. The zero-order chi connectivity index (χ0) is 17.7. The van der Waals surface area contributed by atoms with Crippen LogP contribution in [0.25, 0.3) is 11.0 Å². The first-order chi connectivity index (χ1) is 11.4. The number of rotatable bonds is 8. The minimum Gasteiger partial charge on any atom is -0.490 e. The van der Waals surface area contributed by atoms with Crippen molar-refractivity contribution in [3.8, 4) is 5.75 Å². The Balaban J connectivity index is 2.12. The van der Waals surface area contributed by atoms with Gasteiger partial charge in [-0.2, -0.15) is 0 Å². The van der Waals surface area contributed by atoms with Gasteiger partial charge in [-0.1, -0.05) is 19.9 Å². The van der Waals surface area contributed by atoms with Gasteiger partial charge in [-0.3, -0.25) is 4.99 Å². The number of fused-ring (bicyclic) bond motifs is 1. The fourth-order valence-electron chi connectivity index (χ4n) is 2.41. The van der Waals surface area contributed by atoms with Crippen LogP contribution < -0.4 is 10.1 Å². The molecule has 0 radical (unpaired) electrons. The predicted octanol–water partition coefficient (Wildman–Crippen LogP) is 3.39. The van der Waals surface area contributed by atoms with Gasteiger partial charge in [0.05, 0.1) is 11.1 Å². The molecule has 0 saturated carbocycles. The van der Waals surface area contributed by atoms with Gasteiger partial charge in [0.15, 0.2) is 0 Å². The normalized spacial score (nSPS) is 13.9. The molecule has 0 aliphatic carbocycles. The van der Waals surface area contributed by atoms with Crippen LogP contribution in [0.1, 0.15) is 40.4 Å². The lowest BCUT2D eigenvalue weighted by atomic mass is 10.2. The third-order valence-corrected chi connectivity index (χ3v) is 3.52. The molecule has 1 unspecified atom stereocenters. The van der Waals surface area contributed by atoms with Gasteiger partial charge >= 0.3 is 0 Å². The molecule has 5 heteroatoms. The monoisotopic (exact) mass is 332 g/mol. The topological polar surface area (TPSA) is 67.0 Å². The van der Waals surface area contributed by atoms with Gasteiger partial charge < -0.3 is 19.6 Å². The van der Waals surface area contributed by atoms with Gasteiger partial charge in [-0.05, 0) is 39.0 Å². The first-order valence-electron chi connectivity index (χ1n) is 8.48. The molecular formula is C19H28N2O3. The van der Waals surface area contributed by atoms with Crippen molar-refractivity contribution in [1.29, 1.82) is 0 Å². The van der Waals surface area contributed by atoms with Crippen LogP contribution in [0, 0.1) is 0 Å². The van der Waals surface area contributed by atoms with Gasteiger partial charge in [0.2, 0.25) is 0 Å². The Bertz CT molecular complexity index is 689. The number of nitrogens with zero attached hydrogens (tertiary/aromatic N) is 1. The molecule has 0 spiro atoms. The quantitative estimate of drug-likeness (QED) is 0.727. The maximum absolute atomic E-state index is 9.99. The molecule has 1 atom stereocenters. The van der Waals surface area contributed by atoms with Crippen LogP contribution in [-0.4, -0.2) is 42.2 Å². The van der Waals surface area contributed by atoms with E-state index >= 15 is 0 Å². The lowest BCUT2D eigenvalue weighted by Crippen LogP contribution is -2.35. The summed E-state index contributed by atoms with van der Waals surface area (Å²) in [4.78, 5) is 4.52. The Morgan fingerprint density at radius 2 is 2.04 bits per heavy atom. The molecule has 132 valence electrons. The van der Waals surface area contributed by atoms with Crippen molar-refractivity contribution in [2.45, 2.75) is 52.8 Å². The van der Waals surface area contributed by atoms with Crippen LogP contribution in [0.5, 0.6) is 5.75 Å². The number of hydrogen-bond donors (Lipinski definition) is 2. The molecule has 2 N–H and O–H groups in total. The fraction of sp³-hybridized carbons (Fsp3) is 0.526. The van der Waals surface area contributed by atoms with Crippen molar-refractivity contribution >= 4 is 16.7 Å². The number of benzene rings is 1. The van der Waals surface area contributed by atoms with Crippen LogP contribution in [0.3, 0.4) is 0 Å². The molecule has 0 aliphatic rings. The van der Waals surface area contributed by atoms with E-state index in [1.165, 1.54) is 0 Å². The zero-order valence-electron chi connectivity index (χ0n) is 15.2. The lowest BCUT2D eigenvalue weighted by Gasteiger charge is -2.15. The molecular weight excluding hydrogens is 304 g/mol. The molecule has 0 aliphatic heterocycles. The predicted molar refractivity (Wildman–Crippen MR) is 98.2 cm³/mol. The second-order valence-corrected chi connectivity index (χ2v) is 6.61. The second-order valence-electron chi connectivity index (χ2n) is 6.61. The molecule has 1 aromatic heterocycles. The van der Waals surface area contributed by atoms with Gasteiger partial charge in [0.25, 0.3) is 0 Å². The van der Waals surface area contributed by atoms with Crippen LogP contribution in [-0.2, 0) is 0 Å². The standard InChI is InChI=1S/C19H28N2O3/c1-12(2)20-10-15(22)11-23-17-7-6-8-18-16(17)9-19(24-18)14(5)21-13(3)4/h6-9,12-13,15,20,22H,10-11H2,1-5H3/b21-14+. The van der Waals surface area contributed by atoms with Crippen molar-refractivity contribution in [3.63, 3.8) is 0 Å². The maximum atomic E-state index is 9.99. The molecule has 1 heterocycles. The Morgan fingerprint density at radius 3 is 2.71 bits per heavy atom. The van der Waals surface area contributed by atoms with E-state index in [-0.39, 0.29) is 12.6 Å². The molecule has 1 aromatic carbocycles. The highest BCUT2D eigenvalue weighted by molar-refractivity contribution is 6.00. The largest absolute Gasteiger partial charge is 0.490 e. The van der Waals surface area contributed by atoms with Crippen LogP contribution >= 0.6 is 0 Å². The zero-order valence-corrected chi connectivity index (χ0v) is 15.2. The average Bonchev–Trinajstić information content (AvgIpc) is 2.95. The number of aliphatic hydroxyl groups is 1. The van der Waals surface area contributed by atoms with E-state index in [0.29, 0.717) is 18.3 Å². The molecule has 2 aromatic rings. The van der Waals surface area contributed by atoms with Crippen molar-refractivity contribution in [2.75, 3.05) is 13.2 Å². The summed E-state index contributed by atoms with van der Waals surface area (Å²) < 4.78 is 11.7. The summed E-state index contributed by atoms with van der Waals surface area (Å²) >= 11 is 0. The summed E-state index contributed by atoms with van der Waals surface area (Å²) in [6.45, 7) is 10.8. The summed E-state index contributed by atoms with van der Waals surface area (Å²) in [7, 11) is 0. The van der Waals surface area contributed by atoms with Gasteiger partial charge in [0.1, 0.15) is 29.8 Å². The van der Waals surface area contributed by atoms with E-state index in [1.807, 2.05) is 58.9 Å². The highest BCUT2D eigenvalue weighted by atomic mass is 16.5. The van der Waals surface area contributed by atoms with E-state index in [1.54, 1.807) is 0 Å². The number of furan rings is 1. The first kappa shape index (κ1) is 18.5. The summed E-state index contributed by atoms with van der Waals surface area (Å²) in [5, 5.41) is 14.1. The molecule has 5 nitrogen and oxygen atoms in total. The summed E-state index contributed by atoms with van der Waals surface area (Å²) in [6, 6.07) is 8.19. The van der Waals surface area contributed by atoms with Crippen LogP contribution in [0.2, 0.25) is 0 Å². The molecule has 2 rings (SSSR count). The van der Waals surface area contributed by atoms with E-state index < -0.39 is 6.10 Å². The van der Waals surface area contributed by atoms with E-state index in [4.69, 9.17) is 9.15 Å². The minimum absolute atomic E-state index is 0.220.